The number of anilines is 1. The molecule has 0 saturated carbocycles. The summed E-state index contributed by atoms with van der Waals surface area (Å²) in [5, 5.41) is 13.6. The summed E-state index contributed by atoms with van der Waals surface area (Å²) in [6, 6.07) is 1.26. The highest BCUT2D eigenvalue weighted by atomic mass is 19.1. The Morgan fingerprint density at radius 2 is 1.71 bits per heavy atom. The smallest absolute Gasteiger partial charge is 0.319 e. The van der Waals surface area contributed by atoms with Gasteiger partial charge in [-0.15, -0.1) is 0 Å². The Bertz CT molecular complexity index is 521. The van der Waals surface area contributed by atoms with E-state index in [0.29, 0.717) is 6.07 Å². The van der Waals surface area contributed by atoms with Crippen molar-refractivity contribution in [3.8, 4) is 0 Å². The van der Waals surface area contributed by atoms with E-state index in [1.165, 1.54) is 0 Å². The van der Waals surface area contributed by atoms with Gasteiger partial charge in [-0.1, -0.05) is 20.8 Å². The van der Waals surface area contributed by atoms with Gasteiger partial charge >= 0.3 is 12.0 Å². The van der Waals surface area contributed by atoms with Crippen LogP contribution in [0.25, 0.3) is 0 Å². The van der Waals surface area contributed by atoms with Crippen LogP contribution in [0, 0.1) is 17.0 Å². The molecule has 1 rings (SSSR count). The Hall–Kier alpha value is -2.18. The Kier molecular flexibility index (Phi) is 5.23. The second kappa shape index (κ2) is 6.51. The standard InChI is InChI=1S/C14H18F2N2O3/c1-14(2,3)11(7-12(19)20)18-13(21)17-10-5-8(15)4-9(16)6-10/h4-6,11H,7H2,1-3H3,(H,19,20)(H2,17,18,21). The fourth-order valence-corrected chi connectivity index (χ4v) is 1.70. The lowest BCUT2D eigenvalue weighted by molar-refractivity contribution is -0.138. The summed E-state index contributed by atoms with van der Waals surface area (Å²) in [6.07, 6.45) is -0.256. The number of carboxylic acids is 1. The minimum atomic E-state index is -1.05. The second-order valence-corrected chi connectivity index (χ2v) is 5.77. The van der Waals surface area contributed by atoms with Crippen LogP contribution in [0.2, 0.25) is 0 Å². The molecule has 2 amide bonds. The molecule has 5 nitrogen and oxygen atoms in total. The molecule has 0 aliphatic carbocycles. The van der Waals surface area contributed by atoms with Crippen molar-refractivity contribution >= 4 is 17.7 Å². The first-order valence-electron chi connectivity index (χ1n) is 6.33. The molecule has 7 heteroatoms. The topological polar surface area (TPSA) is 78.4 Å². The van der Waals surface area contributed by atoms with E-state index in [4.69, 9.17) is 5.11 Å². The number of amides is 2. The molecule has 1 aromatic rings. The minimum Gasteiger partial charge on any atom is -0.481 e. The fraction of sp³-hybridized carbons (Fsp3) is 0.429. The number of aliphatic carboxylic acids is 1. The third-order valence-electron chi connectivity index (χ3n) is 2.85. The SMILES string of the molecule is CC(C)(C)C(CC(=O)O)NC(=O)Nc1cc(F)cc(F)c1. The molecule has 3 N–H and O–H groups in total. The van der Waals surface area contributed by atoms with Crippen molar-refractivity contribution in [2.24, 2.45) is 5.41 Å². The molecule has 1 atom stereocenters. The highest BCUT2D eigenvalue weighted by Crippen LogP contribution is 2.22. The Labute approximate surface area is 121 Å². The van der Waals surface area contributed by atoms with Gasteiger partial charge in [0.25, 0.3) is 0 Å². The van der Waals surface area contributed by atoms with Gasteiger partial charge < -0.3 is 15.7 Å². The van der Waals surface area contributed by atoms with Crippen LogP contribution in [0.1, 0.15) is 27.2 Å². The van der Waals surface area contributed by atoms with E-state index >= 15 is 0 Å². The number of nitrogens with one attached hydrogen (secondary N) is 2. The van der Waals surface area contributed by atoms with Crippen molar-refractivity contribution in [3.05, 3.63) is 29.8 Å². The van der Waals surface area contributed by atoms with Gasteiger partial charge in [-0.05, 0) is 17.5 Å². The number of urea groups is 1. The lowest BCUT2D eigenvalue weighted by Gasteiger charge is -2.30. The van der Waals surface area contributed by atoms with Crippen LogP contribution in [0.3, 0.4) is 0 Å². The predicted octanol–water partition coefficient (Wildman–Crippen LogP) is 2.98. The van der Waals surface area contributed by atoms with Crippen molar-refractivity contribution in [3.63, 3.8) is 0 Å². The number of rotatable bonds is 4. The van der Waals surface area contributed by atoms with Gasteiger partial charge in [-0.25, -0.2) is 13.6 Å². The third kappa shape index (κ3) is 5.76. The van der Waals surface area contributed by atoms with Gasteiger partial charge in [0.1, 0.15) is 11.6 Å². The van der Waals surface area contributed by atoms with Crippen LogP contribution >= 0.6 is 0 Å². The summed E-state index contributed by atoms with van der Waals surface area (Å²) in [5.41, 5.74) is -0.531. The van der Waals surface area contributed by atoms with Crippen LogP contribution in [-0.2, 0) is 4.79 Å². The molecule has 0 fully saturated rings. The quantitative estimate of drug-likeness (QED) is 0.800. The zero-order chi connectivity index (χ0) is 16.2. The normalized spacial score (nSPS) is 12.6. The van der Waals surface area contributed by atoms with Crippen molar-refractivity contribution in [2.45, 2.75) is 33.2 Å². The van der Waals surface area contributed by atoms with Gasteiger partial charge in [-0.2, -0.15) is 0 Å². The Morgan fingerprint density at radius 1 is 1.19 bits per heavy atom. The minimum absolute atomic E-state index is 0.0482. The van der Waals surface area contributed by atoms with Crippen LogP contribution in [0.15, 0.2) is 18.2 Å². The third-order valence-corrected chi connectivity index (χ3v) is 2.85. The fourth-order valence-electron chi connectivity index (χ4n) is 1.70. The van der Waals surface area contributed by atoms with E-state index in [-0.39, 0.29) is 12.1 Å². The maximum atomic E-state index is 13.0. The summed E-state index contributed by atoms with van der Waals surface area (Å²) in [4.78, 5) is 22.6. The zero-order valence-electron chi connectivity index (χ0n) is 12.0. The predicted molar refractivity (Wildman–Crippen MR) is 74.0 cm³/mol. The van der Waals surface area contributed by atoms with Gasteiger partial charge in [0.2, 0.25) is 0 Å². The number of halogens is 2. The number of benzene rings is 1. The second-order valence-electron chi connectivity index (χ2n) is 5.77. The number of carbonyl (C=O) groups excluding carboxylic acids is 1. The maximum absolute atomic E-state index is 13.0. The summed E-state index contributed by atoms with van der Waals surface area (Å²) >= 11 is 0. The zero-order valence-corrected chi connectivity index (χ0v) is 12.0. The molecule has 0 spiro atoms. The van der Waals surface area contributed by atoms with Crippen molar-refractivity contribution in [2.75, 3.05) is 5.32 Å². The lowest BCUT2D eigenvalue weighted by Crippen LogP contribution is -2.46. The molecule has 116 valence electrons. The molecule has 21 heavy (non-hydrogen) atoms. The molecule has 0 aliphatic heterocycles. The van der Waals surface area contributed by atoms with Crippen LogP contribution in [0.5, 0.6) is 0 Å². The van der Waals surface area contributed by atoms with E-state index in [1.807, 2.05) is 0 Å². The van der Waals surface area contributed by atoms with Crippen LogP contribution < -0.4 is 10.6 Å². The van der Waals surface area contributed by atoms with E-state index < -0.39 is 35.1 Å². The average molecular weight is 300 g/mol. The molecule has 0 bridgehead atoms. The van der Waals surface area contributed by atoms with E-state index in [2.05, 4.69) is 10.6 Å². The van der Waals surface area contributed by atoms with Gasteiger partial charge in [0, 0.05) is 17.8 Å². The Balaban J connectivity index is 2.76. The van der Waals surface area contributed by atoms with E-state index in [0.717, 1.165) is 12.1 Å². The number of carbonyl (C=O) groups is 2. The largest absolute Gasteiger partial charge is 0.481 e. The molecule has 0 aliphatic rings. The molecule has 0 saturated heterocycles. The Morgan fingerprint density at radius 3 is 2.14 bits per heavy atom. The van der Waals surface area contributed by atoms with Crippen molar-refractivity contribution in [1.82, 2.24) is 5.32 Å². The molecule has 1 unspecified atom stereocenters. The average Bonchev–Trinajstić information content (AvgIpc) is 2.24. The molecular weight excluding hydrogens is 282 g/mol. The number of carboxylic acid groups (broad SMARTS) is 1. The summed E-state index contributed by atoms with van der Waals surface area (Å²) in [7, 11) is 0. The van der Waals surface area contributed by atoms with Crippen molar-refractivity contribution in [1.29, 1.82) is 0 Å². The van der Waals surface area contributed by atoms with E-state index in [1.54, 1.807) is 20.8 Å². The monoisotopic (exact) mass is 300 g/mol. The first kappa shape index (κ1) is 16.9. The first-order chi connectivity index (χ1) is 9.57. The molecule has 0 heterocycles. The van der Waals surface area contributed by atoms with Crippen LogP contribution in [-0.4, -0.2) is 23.1 Å². The van der Waals surface area contributed by atoms with Crippen molar-refractivity contribution < 1.29 is 23.5 Å². The number of hydrogen-bond donors (Lipinski definition) is 3. The first-order valence-corrected chi connectivity index (χ1v) is 6.33. The van der Waals surface area contributed by atoms with E-state index in [9.17, 15) is 18.4 Å². The molecule has 0 radical (unpaired) electrons. The van der Waals surface area contributed by atoms with Gasteiger partial charge in [0.15, 0.2) is 0 Å². The summed E-state index contributed by atoms with van der Waals surface area (Å²) in [6.45, 7) is 5.34. The highest BCUT2D eigenvalue weighted by molar-refractivity contribution is 5.89. The molecule has 0 aromatic heterocycles. The highest BCUT2D eigenvalue weighted by Gasteiger charge is 2.28. The summed E-state index contributed by atoms with van der Waals surface area (Å²) in [5.74, 6) is -2.68. The lowest BCUT2D eigenvalue weighted by atomic mass is 9.85. The maximum Gasteiger partial charge on any atom is 0.319 e. The van der Waals surface area contributed by atoms with Gasteiger partial charge in [-0.3, -0.25) is 4.79 Å². The van der Waals surface area contributed by atoms with Gasteiger partial charge in [0.05, 0.1) is 6.42 Å². The number of hydrogen-bond acceptors (Lipinski definition) is 2. The molecule has 1 aromatic carbocycles. The molecular formula is C14H18F2N2O3. The van der Waals surface area contributed by atoms with Crippen LogP contribution in [0.4, 0.5) is 19.3 Å². The summed E-state index contributed by atoms with van der Waals surface area (Å²) < 4.78 is 26.0.